The molecule has 0 saturated heterocycles. The van der Waals surface area contributed by atoms with Crippen molar-refractivity contribution in [3.63, 3.8) is 0 Å². The fourth-order valence-corrected chi connectivity index (χ4v) is 1.99. The second-order valence-corrected chi connectivity index (χ2v) is 5.04. The van der Waals surface area contributed by atoms with E-state index in [1.165, 1.54) is 0 Å². The van der Waals surface area contributed by atoms with E-state index in [1.807, 2.05) is 36.4 Å². The molecular formula is C16H17N3O. The van der Waals surface area contributed by atoms with Gasteiger partial charge in [-0.25, -0.2) is 0 Å². The van der Waals surface area contributed by atoms with Crippen LogP contribution in [0.25, 0.3) is 0 Å². The molecule has 0 heterocycles. The molecule has 0 spiro atoms. The summed E-state index contributed by atoms with van der Waals surface area (Å²) >= 11 is 0. The maximum Gasteiger partial charge on any atom is 0.251 e. The number of anilines is 3. The van der Waals surface area contributed by atoms with Gasteiger partial charge in [-0.3, -0.25) is 4.79 Å². The van der Waals surface area contributed by atoms with Gasteiger partial charge in [0.2, 0.25) is 0 Å². The van der Waals surface area contributed by atoms with Gasteiger partial charge in [-0.05, 0) is 43.2 Å². The van der Waals surface area contributed by atoms with Crippen molar-refractivity contribution < 1.29 is 4.79 Å². The zero-order valence-corrected chi connectivity index (χ0v) is 11.1. The molecule has 2 aromatic rings. The number of para-hydroxylation sites is 1. The van der Waals surface area contributed by atoms with Gasteiger partial charge in [0.15, 0.2) is 0 Å². The average Bonchev–Trinajstić information content (AvgIpc) is 3.26. The van der Waals surface area contributed by atoms with Crippen molar-refractivity contribution in [1.82, 2.24) is 5.32 Å². The summed E-state index contributed by atoms with van der Waals surface area (Å²) in [6.45, 7) is 0. The van der Waals surface area contributed by atoms with Gasteiger partial charge in [-0.15, -0.1) is 0 Å². The van der Waals surface area contributed by atoms with Crippen LogP contribution in [0.1, 0.15) is 23.2 Å². The van der Waals surface area contributed by atoms with E-state index < -0.39 is 0 Å². The topological polar surface area (TPSA) is 67.2 Å². The molecule has 1 amide bonds. The van der Waals surface area contributed by atoms with Crippen LogP contribution in [0.3, 0.4) is 0 Å². The van der Waals surface area contributed by atoms with Crippen molar-refractivity contribution in [1.29, 1.82) is 0 Å². The minimum atomic E-state index is -0.0505. The number of hydrogen-bond donors (Lipinski definition) is 3. The van der Waals surface area contributed by atoms with Crippen LogP contribution in [0.15, 0.2) is 48.5 Å². The zero-order valence-electron chi connectivity index (χ0n) is 11.1. The number of amides is 1. The van der Waals surface area contributed by atoms with Crippen LogP contribution in [-0.2, 0) is 0 Å². The largest absolute Gasteiger partial charge is 0.397 e. The molecule has 0 radical (unpaired) electrons. The number of carbonyl (C=O) groups excluding carboxylic acids is 1. The van der Waals surface area contributed by atoms with Crippen molar-refractivity contribution in [3.8, 4) is 0 Å². The molecule has 4 N–H and O–H groups in total. The van der Waals surface area contributed by atoms with Gasteiger partial charge in [0.1, 0.15) is 0 Å². The Morgan fingerprint density at radius 1 is 1.10 bits per heavy atom. The Kier molecular flexibility index (Phi) is 3.29. The molecule has 0 bridgehead atoms. The summed E-state index contributed by atoms with van der Waals surface area (Å²) in [7, 11) is 0. The van der Waals surface area contributed by atoms with Crippen LogP contribution in [-0.4, -0.2) is 11.9 Å². The number of nitrogens with one attached hydrogen (secondary N) is 2. The van der Waals surface area contributed by atoms with Crippen molar-refractivity contribution in [2.75, 3.05) is 11.1 Å². The summed E-state index contributed by atoms with van der Waals surface area (Å²) in [6.07, 6.45) is 2.16. The van der Waals surface area contributed by atoms with Gasteiger partial charge >= 0.3 is 0 Å². The predicted octanol–water partition coefficient (Wildman–Crippen LogP) is 2.90. The molecule has 1 aliphatic rings. The lowest BCUT2D eigenvalue weighted by Crippen LogP contribution is -2.25. The molecule has 1 saturated carbocycles. The Morgan fingerprint density at radius 3 is 2.50 bits per heavy atom. The van der Waals surface area contributed by atoms with E-state index in [0.717, 1.165) is 24.2 Å². The second-order valence-electron chi connectivity index (χ2n) is 5.04. The van der Waals surface area contributed by atoms with Gasteiger partial charge in [-0.1, -0.05) is 18.2 Å². The third-order valence-corrected chi connectivity index (χ3v) is 3.28. The molecular weight excluding hydrogens is 250 g/mol. The molecule has 2 aromatic carbocycles. The predicted molar refractivity (Wildman–Crippen MR) is 81.1 cm³/mol. The molecule has 0 aromatic heterocycles. The molecule has 102 valence electrons. The summed E-state index contributed by atoms with van der Waals surface area (Å²) in [5.74, 6) is -0.0505. The molecule has 0 atom stereocenters. The van der Waals surface area contributed by atoms with E-state index >= 15 is 0 Å². The molecule has 3 rings (SSSR count). The number of carbonyl (C=O) groups is 1. The number of nitrogens with two attached hydrogens (primary N) is 1. The molecule has 1 aliphatic carbocycles. The fourth-order valence-electron chi connectivity index (χ4n) is 1.99. The first-order valence-corrected chi connectivity index (χ1v) is 6.75. The highest BCUT2D eigenvalue weighted by molar-refractivity contribution is 5.96. The van der Waals surface area contributed by atoms with Gasteiger partial charge in [0, 0.05) is 17.3 Å². The van der Waals surface area contributed by atoms with Crippen molar-refractivity contribution in [2.45, 2.75) is 18.9 Å². The minimum absolute atomic E-state index is 0.0505. The number of nitrogen functional groups attached to an aromatic ring is 1. The van der Waals surface area contributed by atoms with Crippen molar-refractivity contribution in [2.24, 2.45) is 0 Å². The molecule has 0 unspecified atom stereocenters. The van der Waals surface area contributed by atoms with Gasteiger partial charge in [0.05, 0.1) is 11.4 Å². The normalized spacial score (nSPS) is 13.8. The second kappa shape index (κ2) is 5.25. The fraction of sp³-hybridized carbons (Fsp3) is 0.188. The minimum Gasteiger partial charge on any atom is -0.397 e. The summed E-state index contributed by atoms with van der Waals surface area (Å²) in [4.78, 5) is 11.9. The van der Waals surface area contributed by atoms with E-state index in [4.69, 9.17) is 5.73 Å². The van der Waals surface area contributed by atoms with Crippen LogP contribution >= 0.6 is 0 Å². The monoisotopic (exact) mass is 267 g/mol. The SMILES string of the molecule is Nc1cc(C(=O)NC2CC2)ccc1Nc1ccccc1. The van der Waals surface area contributed by atoms with Crippen molar-refractivity contribution in [3.05, 3.63) is 54.1 Å². The lowest BCUT2D eigenvalue weighted by molar-refractivity contribution is 0.0951. The zero-order chi connectivity index (χ0) is 13.9. The third-order valence-electron chi connectivity index (χ3n) is 3.28. The van der Waals surface area contributed by atoms with Crippen LogP contribution in [0, 0.1) is 0 Å². The highest BCUT2D eigenvalue weighted by atomic mass is 16.1. The Hall–Kier alpha value is -2.49. The molecule has 0 aliphatic heterocycles. The average molecular weight is 267 g/mol. The summed E-state index contributed by atoms with van der Waals surface area (Å²) in [6, 6.07) is 15.5. The van der Waals surface area contributed by atoms with E-state index in [1.54, 1.807) is 12.1 Å². The van der Waals surface area contributed by atoms with Crippen LogP contribution in [0.4, 0.5) is 17.1 Å². The van der Waals surface area contributed by atoms with E-state index in [9.17, 15) is 4.79 Å². The van der Waals surface area contributed by atoms with Crippen LogP contribution in [0.5, 0.6) is 0 Å². The Balaban J connectivity index is 1.75. The Morgan fingerprint density at radius 2 is 1.85 bits per heavy atom. The van der Waals surface area contributed by atoms with Crippen molar-refractivity contribution >= 4 is 23.0 Å². The van der Waals surface area contributed by atoms with E-state index in [0.29, 0.717) is 17.3 Å². The maximum absolute atomic E-state index is 11.9. The quantitative estimate of drug-likeness (QED) is 0.746. The molecule has 1 fully saturated rings. The lowest BCUT2D eigenvalue weighted by Gasteiger charge is -2.11. The highest BCUT2D eigenvalue weighted by Crippen LogP contribution is 2.25. The smallest absolute Gasteiger partial charge is 0.251 e. The standard InChI is InChI=1S/C16H17N3O/c17-14-10-11(16(20)19-13-7-8-13)6-9-15(14)18-12-4-2-1-3-5-12/h1-6,9-10,13,18H,7-8,17H2,(H,19,20). The lowest BCUT2D eigenvalue weighted by atomic mass is 10.1. The number of hydrogen-bond acceptors (Lipinski definition) is 3. The molecule has 4 nitrogen and oxygen atoms in total. The summed E-state index contributed by atoms with van der Waals surface area (Å²) in [5.41, 5.74) is 8.95. The first kappa shape index (κ1) is 12.5. The van der Waals surface area contributed by atoms with E-state index in [2.05, 4.69) is 10.6 Å². The Bertz CT molecular complexity index is 621. The van der Waals surface area contributed by atoms with Crippen LogP contribution in [0.2, 0.25) is 0 Å². The maximum atomic E-state index is 11.9. The first-order chi connectivity index (χ1) is 9.72. The summed E-state index contributed by atoms with van der Waals surface area (Å²) in [5, 5.41) is 6.19. The van der Waals surface area contributed by atoms with Gasteiger partial charge in [-0.2, -0.15) is 0 Å². The van der Waals surface area contributed by atoms with E-state index in [-0.39, 0.29) is 5.91 Å². The number of rotatable bonds is 4. The first-order valence-electron chi connectivity index (χ1n) is 6.75. The van der Waals surface area contributed by atoms with Gasteiger partial charge < -0.3 is 16.4 Å². The highest BCUT2D eigenvalue weighted by Gasteiger charge is 2.23. The number of benzene rings is 2. The molecule has 4 heteroatoms. The van der Waals surface area contributed by atoms with Gasteiger partial charge in [0.25, 0.3) is 5.91 Å². The third kappa shape index (κ3) is 2.91. The summed E-state index contributed by atoms with van der Waals surface area (Å²) < 4.78 is 0. The molecule has 20 heavy (non-hydrogen) atoms. The van der Waals surface area contributed by atoms with Crippen LogP contribution < -0.4 is 16.4 Å². The Labute approximate surface area is 118 Å².